The molecule has 0 aliphatic rings. The van der Waals surface area contributed by atoms with E-state index in [0.29, 0.717) is 6.54 Å². The molecule has 0 aliphatic heterocycles. The van der Waals surface area contributed by atoms with Crippen molar-refractivity contribution in [2.24, 2.45) is 5.73 Å². The van der Waals surface area contributed by atoms with Gasteiger partial charge < -0.3 is 15.7 Å². The number of carboxylic acids is 1. The molecule has 1 unspecified atom stereocenters. The number of hydrogen-bond donors (Lipinski definition) is 2. The molecule has 0 bridgehead atoms. The molecule has 0 saturated heterocycles. The van der Waals surface area contributed by atoms with E-state index >= 15 is 0 Å². The topological polar surface area (TPSA) is 83.6 Å². The molecular weight excluding hydrogens is 172 g/mol. The summed E-state index contributed by atoms with van der Waals surface area (Å²) in [6, 6.07) is -0.633. The fraction of sp³-hybridized carbons (Fsp3) is 0.750. The minimum atomic E-state index is -1.01. The molecule has 5 heteroatoms. The molecule has 0 aromatic rings. The van der Waals surface area contributed by atoms with Gasteiger partial charge in [-0.15, -0.1) is 0 Å². The van der Waals surface area contributed by atoms with Crippen LogP contribution in [0.4, 0.5) is 0 Å². The van der Waals surface area contributed by atoms with Crippen LogP contribution >= 0.6 is 0 Å². The molecule has 5 nitrogen and oxygen atoms in total. The quantitative estimate of drug-likeness (QED) is 0.618. The average molecular weight is 188 g/mol. The zero-order valence-electron chi connectivity index (χ0n) is 7.99. The van der Waals surface area contributed by atoms with Crippen LogP contribution in [0.2, 0.25) is 0 Å². The van der Waals surface area contributed by atoms with E-state index in [1.54, 1.807) is 6.92 Å². The van der Waals surface area contributed by atoms with Crippen molar-refractivity contribution in [2.45, 2.75) is 26.3 Å². The van der Waals surface area contributed by atoms with E-state index in [4.69, 9.17) is 10.8 Å². The van der Waals surface area contributed by atoms with Crippen molar-refractivity contribution < 1.29 is 14.7 Å². The predicted molar refractivity (Wildman–Crippen MR) is 48.2 cm³/mol. The Bertz CT molecular complexity index is 192. The Morgan fingerprint density at radius 2 is 2.08 bits per heavy atom. The highest BCUT2D eigenvalue weighted by Gasteiger charge is 2.18. The van der Waals surface area contributed by atoms with Crippen molar-refractivity contribution in [3.63, 3.8) is 0 Å². The van der Waals surface area contributed by atoms with Crippen LogP contribution in [0.5, 0.6) is 0 Å². The zero-order chi connectivity index (χ0) is 10.4. The van der Waals surface area contributed by atoms with E-state index in [9.17, 15) is 9.59 Å². The third-order valence-corrected chi connectivity index (χ3v) is 1.52. The highest BCUT2D eigenvalue weighted by molar-refractivity contribution is 5.84. The highest BCUT2D eigenvalue weighted by Crippen LogP contribution is 1.95. The van der Waals surface area contributed by atoms with Gasteiger partial charge in [-0.3, -0.25) is 9.59 Å². The number of rotatable bonds is 5. The molecule has 1 amide bonds. The van der Waals surface area contributed by atoms with E-state index in [1.165, 1.54) is 4.90 Å². The van der Waals surface area contributed by atoms with Gasteiger partial charge in [0.2, 0.25) is 5.91 Å². The molecule has 0 radical (unpaired) electrons. The lowest BCUT2D eigenvalue weighted by Crippen LogP contribution is -2.44. The summed E-state index contributed by atoms with van der Waals surface area (Å²) in [5.74, 6) is -1.33. The van der Waals surface area contributed by atoms with Crippen molar-refractivity contribution in [2.75, 3.05) is 13.1 Å². The summed E-state index contributed by atoms with van der Waals surface area (Å²) in [6.45, 7) is 3.59. The SMILES string of the molecule is CCCN(CC(=O)O)C(=O)C(C)N. The number of nitrogens with zero attached hydrogens (tertiary/aromatic N) is 1. The van der Waals surface area contributed by atoms with Gasteiger partial charge in [0.1, 0.15) is 6.54 Å². The van der Waals surface area contributed by atoms with Gasteiger partial charge in [0.25, 0.3) is 0 Å². The van der Waals surface area contributed by atoms with Crippen molar-refractivity contribution in [1.29, 1.82) is 0 Å². The molecule has 0 fully saturated rings. The third kappa shape index (κ3) is 4.47. The molecular formula is C8H16N2O3. The Balaban J connectivity index is 4.23. The predicted octanol–water partition coefficient (Wildman–Crippen LogP) is -0.343. The van der Waals surface area contributed by atoms with Crippen LogP contribution in [-0.2, 0) is 9.59 Å². The molecule has 1 atom stereocenters. The second-order valence-corrected chi connectivity index (χ2v) is 2.94. The Labute approximate surface area is 77.5 Å². The molecule has 3 N–H and O–H groups in total. The van der Waals surface area contributed by atoms with Crippen molar-refractivity contribution >= 4 is 11.9 Å². The van der Waals surface area contributed by atoms with Crippen molar-refractivity contribution in [3.8, 4) is 0 Å². The molecule has 0 rings (SSSR count). The molecule has 13 heavy (non-hydrogen) atoms. The summed E-state index contributed by atoms with van der Waals surface area (Å²) in [7, 11) is 0. The fourth-order valence-electron chi connectivity index (χ4n) is 0.988. The number of carbonyl (C=O) groups is 2. The molecule has 0 aliphatic carbocycles. The Morgan fingerprint density at radius 3 is 2.38 bits per heavy atom. The maximum atomic E-state index is 11.3. The van der Waals surface area contributed by atoms with Crippen LogP contribution in [0.3, 0.4) is 0 Å². The van der Waals surface area contributed by atoms with Gasteiger partial charge >= 0.3 is 5.97 Å². The second-order valence-electron chi connectivity index (χ2n) is 2.94. The lowest BCUT2D eigenvalue weighted by atomic mass is 10.3. The van der Waals surface area contributed by atoms with Crippen LogP contribution < -0.4 is 5.73 Å². The average Bonchev–Trinajstić information content (AvgIpc) is 2.01. The van der Waals surface area contributed by atoms with Crippen molar-refractivity contribution in [3.05, 3.63) is 0 Å². The molecule has 0 aromatic carbocycles. The number of amides is 1. The largest absolute Gasteiger partial charge is 0.480 e. The maximum Gasteiger partial charge on any atom is 0.323 e. The van der Waals surface area contributed by atoms with Crippen LogP contribution in [0.15, 0.2) is 0 Å². The Hall–Kier alpha value is -1.10. The lowest BCUT2D eigenvalue weighted by Gasteiger charge is -2.21. The molecule has 76 valence electrons. The second kappa shape index (κ2) is 5.53. The molecule has 0 aromatic heterocycles. The molecule has 0 spiro atoms. The van der Waals surface area contributed by atoms with Gasteiger partial charge in [-0.2, -0.15) is 0 Å². The Morgan fingerprint density at radius 1 is 1.54 bits per heavy atom. The fourth-order valence-corrected chi connectivity index (χ4v) is 0.988. The summed E-state index contributed by atoms with van der Waals surface area (Å²) in [6.07, 6.45) is 0.728. The standard InChI is InChI=1S/C8H16N2O3/c1-3-4-10(5-7(11)12)8(13)6(2)9/h6H,3-5,9H2,1-2H3,(H,11,12). The minimum absolute atomic E-state index is 0.270. The molecule has 0 saturated carbocycles. The summed E-state index contributed by atoms with van der Waals surface area (Å²) in [4.78, 5) is 22.9. The normalized spacial score (nSPS) is 12.2. The lowest BCUT2D eigenvalue weighted by molar-refractivity contribution is -0.144. The van der Waals surface area contributed by atoms with Crippen LogP contribution in [0.25, 0.3) is 0 Å². The zero-order valence-corrected chi connectivity index (χ0v) is 7.99. The van der Waals surface area contributed by atoms with Gasteiger partial charge in [-0.1, -0.05) is 6.92 Å². The van der Waals surface area contributed by atoms with Crippen LogP contribution in [-0.4, -0.2) is 41.0 Å². The van der Waals surface area contributed by atoms with E-state index < -0.39 is 12.0 Å². The summed E-state index contributed by atoms with van der Waals surface area (Å²) in [5, 5.41) is 8.51. The minimum Gasteiger partial charge on any atom is -0.480 e. The first kappa shape index (κ1) is 11.9. The van der Waals surface area contributed by atoms with E-state index in [2.05, 4.69) is 0 Å². The number of aliphatic carboxylic acids is 1. The van der Waals surface area contributed by atoms with Gasteiger partial charge in [-0.05, 0) is 13.3 Å². The summed E-state index contributed by atoms with van der Waals surface area (Å²) in [5.41, 5.74) is 5.36. The van der Waals surface area contributed by atoms with E-state index in [-0.39, 0.29) is 12.5 Å². The van der Waals surface area contributed by atoms with Gasteiger partial charge in [0, 0.05) is 6.54 Å². The maximum absolute atomic E-state index is 11.3. The Kier molecular flexibility index (Phi) is 5.06. The first-order valence-corrected chi connectivity index (χ1v) is 4.25. The summed E-state index contributed by atoms with van der Waals surface area (Å²) >= 11 is 0. The first-order valence-electron chi connectivity index (χ1n) is 4.25. The van der Waals surface area contributed by atoms with Crippen LogP contribution in [0.1, 0.15) is 20.3 Å². The van der Waals surface area contributed by atoms with Crippen molar-refractivity contribution in [1.82, 2.24) is 4.90 Å². The highest BCUT2D eigenvalue weighted by atomic mass is 16.4. The monoisotopic (exact) mass is 188 g/mol. The van der Waals surface area contributed by atoms with Gasteiger partial charge in [0.05, 0.1) is 6.04 Å². The van der Waals surface area contributed by atoms with Crippen LogP contribution in [0, 0.1) is 0 Å². The first-order chi connectivity index (χ1) is 5.99. The third-order valence-electron chi connectivity index (χ3n) is 1.52. The van der Waals surface area contributed by atoms with Gasteiger partial charge in [0.15, 0.2) is 0 Å². The number of hydrogen-bond acceptors (Lipinski definition) is 3. The van der Waals surface area contributed by atoms with E-state index in [0.717, 1.165) is 6.42 Å². The number of carbonyl (C=O) groups excluding carboxylic acids is 1. The van der Waals surface area contributed by atoms with E-state index in [1.807, 2.05) is 6.92 Å². The number of carboxylic acid groups (broad SMARTS) is 1. The molecule has 0 heterocycles. The van der Waals surface area contributed by atoms with Gasteiger partial charge in [-0.25, -0.2) is 0 Å². The summed E-state index contributed by atoms with van der Waals surface area (Å²) < 4.78 is 0. The number of nitrogens with two attached hydrogens (primary N) is 1. The smallest absolute Gasteiger partial charge is 0.323 e.